The number of hydrogen-bond acceptors (Lipinski definition) is 2. The van der Waals surface area contributed by atoms with E-state index in [0.29, 0.717) is 5.41 Å². The first-order valence-electron chi connectivity index (χ1n) is 11.3. The van der Waals surface area contributed by atoms with Crippen LogP contribution in [0.3, 0.4) is 0 Å². The van der Waals surface area contributed by atoms with Gasteiger partial charge in [-0.1, -0.05) is 43.2 Å². The van der Waals surface area contributed by atoms with Gasteiger partial charge in [-0.15, -0.1) is 0 Å². The first-order chi connectivity index (χ1) is 14.9. The minimum absolute atomic E-state index is 0.368. The molecule has 0 saturated carbocycles. The molecule has 4 heteroatoms. The Bertz CT molecular complexity index is 1140. The van der Waals surface area contributed by atoms with Crippen molar-refractivity contribution in [3.05, 3.63) is 70.4 Å². The molecule has 0 amide bonds. The third-order valence-corrected chi connectivity index (χ3v) is 7.25. The summed E-state index contributed by atoms with van der Waals surface area (Å²) >= 11 is 6.15. The summed E-state index contributed by atoms with van der Waals surface area (Å²) in [5.74, 6) is 0.925. The smallest absolute Gasteiger partial charge is 0.119 e. The number of methoxy groups -OCH3 is 1. The Morgan fingerprint density at radius 3 is 2.61 bits per heavy atom. The second-order valence-electron chi connectivity index (χ2n) is 9.85. The lowest BCUT2D eigenvalue weighted by Gasteiger charge is -2.37. The molecule has 5 rings (SSSR count). The maximum atomic E-state index is 6.15. The van der Waals surface area contributed by atoms with Crippen LogP contribution in [0.15, 0.2) is 54.1 Å². The Morgan fingerprint density at radius 2 is 1.84 bits per heavy atom. The van der Waals surface area contributed by atoms with Crippen LogP contribution in [-0.2, 0) is 13.1 Å². The Balaban J connectivity index is 1.43. The summed E-state index contributed by atoms with van der Waals surface area (Å²) in [4.78, 5) is 2.62. The molecule has 0 saturated heterocycles. The van der Waals surface area contributed by atoms with Gasteiger partial charge in [0.25, 0.3) is 0 Å². The lowest BCUT2D eigenvalue weighted by molar-refractivity contribution is 0.227. The molecule has 2 aliphatic rings. The van der Waals surface area contributed by atoms with Crippen LogP contribution in [0.4, 0.5) is 0 Å². The third kappa shape index (κ3) is 4.14. The minimum atomic E-state index is 0.368. The van der Waals surface area contributed by atoms with Gasteiger partial charge in [0.05, 0.1) is 7.11 Å². The standard InChI is InChI=1S/C27H31ClN2O/c1-27(2)11-10-25(19-4-6-22(28)7-5-19)21(16-27)17-29-12-13-30-23(18-29)14-20-15-24(31-3)8-9-26(20)30/h4-9,14-15H,10-13,16-18H2,1-3H3. The second kappa shape index (κ2) is 8.03. The Morgan fingerprint density at radius 1 is 1.03 bits per heavy atom. The summed E-state index contributed by atoms with van der Waals surface area (Å²) in [5.41, 5.74) is 7.56. The molecule has 0 radical (unpaired) electrons. The fraction of sp³-hybridized carbons (Fsp3) is 0.407. The maximum absolute atomic E-state index is 6.15. The Labute approximate surface area is 190 Å². The quantitative estimate of drug-likeness (QED) is 0.450. The van der Waals surface area contributed by atoms with Crippen molar-refractivity contribution < 1.29 is 4.74 Å². The van der Waals surface area contributed by atoms with Gasteiger partial charge in [0.2, 0.25) is 0 Å². The molecule has 0 N–H and O–H groups in total. The SMILES string of the molecule is COc1ccc2c(c1)cc1n2CCN(CC2=C(c3ccc(Cl)cc3)CCC(C)(C)C2)C1. The van der Waals surface area contributed by atoms with E-state index in [1.54, 1.807) is 12.7 Å². The van der Waals surface area contributed by atoms with Gasteiger partial charge in [0.1, 0.15) is 5.75 Å². The molecular weight excluding hydrogens is 404 g/mol. The third-order valence-electron chi connectivity index (χ3n) is 7.00. The predicted octanol–water partition coefficient (Wildman–Crippen LogP) is 6.78. The second-order valence-corrected chi connectivity index (χ2v) is 10.3. The van der Waals surface area contributed by atoms with Crippen LogP contribution >= 0.6 is 11.6 Å². The highest BCUT2D eigenvalue weighted by Gasteiger charge is 2.29. The van der Waals surface area contributed by atoms with Crippen molar-refractivity contribution in [2.45, 2.75) is 46.2 Å². The van der Waals surface area contributed by atoms with Crippen LogP contribution in [0.2, 0.25) is 5.02 Å². The number of allylic oxidation sites excluding steroid dienone is 1. The summed E-state index contributed by atoms with van der Waals surface area (Å²) in [6.45, 7) is 8.99. The fourth-order valence-corrected chi connectivity index (χ4v) is 5.47. The lowest BCUT2D eigenvalue weighted by Crippen LogP contribution is -2.36. The van der Waals surface area contributed by atoms with Crippen molar-refractivity contribution in [2.24, 2.45) is 5.41 Å². The number of aromatic nitrogens is 1. The average molecular weight is 435 g/mol. The molecule has 0 atom stereocenters. The maximum Gasteiger partial charge on any atom is 0.119 e. The van der Waals surface area contributed by atoms with E-state index >= 15 is 0 Å². The molecule has 2 aromatic carbocycles. The van der Waals surface area contributed by atoms with Crippen molar-refractivity contribution in [2.75, 3.05) is 20.2 Å². The number of fused-ring (bicyclic) bond motifs is 3. The molecule has 31 heavy (non-hydrogen) atoms. The average Bonchev–Trinajstić information content (AvgIpc) is 3.11. The largest absolute Gasteiger partial charge is 0.497 e. The molecular formula is C27H31ClN2O. The highest BCUT2D eigenvalue weighted by molar-refractivity contribution is 6.30. The van der Waals surface area contributed by atoms with Crippen molar-refractivity contribution in [3.8, 4) is 5.75 Å². The van der Waals surface area contributed by atoms with Gasteiger partial charge < -0.3 is 9.30 Å². The van der Waals surface area contributed by atoms with Gasteiger partial charge in [-0.3, -0.25) is 4.90 Å². The van der Waals surface area contributed by atoms with Crippen LogP contribution in [0, 0.1) is 5.41 Å². The molecule has 0 fully saturated rings. The molecule has 1 aliphatic carbocycles. The number of hydrogen-bond donors (Lipinski definition) is 0. The van der Waals surface area contributed by atoms with E-state index in [1.807, 2.05) is 12.1 Å². The normalized spacial score (nSPS) is 19.0. The molecule has 3 aromatic rings. The van der Waals surface area contributed by atoms with E-state index in [2.05, 4.69) is 59.7 Å². The number of nitrogens with zero attached hydrogens (tertiary/aromatic N) is 2. The van der Waals surface area contributed by atoms with Gasteiger partial charge in [-0.05, 0) is 72.2 Å². The first kappa shape index (κ1) is 20.7. The predicted molar refractivity (Wildman–Crippen MR) is 130 cm³/mol. The molecule has 162 valence electrons. The Kier molecular flexibility index (Phi) is 5.35. The number of halogens is 1. The monoisotopic (exact) mass is 434 g/mol. The van der Waals surface area contributed by atoms with E-state index < -0.39 is 0 Å². The summed E-state index contributed by atoms with van der Waals surface area (Å²) in [5, 5.41) is 2.08. The molecule has 0 bridgehead atoms. The van der Waals surface area contributed by atoms with Gasteiger partial charge in [0, 0.05) is 47.8 Å². The van der Waals surface area contributed by atoms with E-state index in [9.17, 15) is 0 Å². The van der Waals surface area contributed by atoms with Gasteiger partial charge in [-0.2, -0.15) is 0 Å². The van der Waals surface area contributed by atoms with Crippen molar-refractivity contribution in [3.63, 3.8) is 0 Å². The summed E-state index contributed by atoms with van der Waals surface area (Å²) in [6, 6.07) is 17.2. The van der Waals surface area contributed by atoms with Crippen LogP contribution in [0.5, 0.6) is 5.75 Å². The number of rotatable bonds is 4. The van der Waals surface area contributed by atoms with Crippen molar-refractivity contribution in [1.29, 1.82) is 0 Å². The molecule has 1 aliphatic heterocycles. The minimum Gasteiger partial charge on any atom is -0.497 e. The Hall–Kier alpha value is -2.23. The lowest BCUT2D eigenvalue weighted by atomic mass is 9.73. The van der Waals surface area contributed by atoms with E-state index in [1.165, 1.54) is 40.6 Å². The highest BCUT2D eigenvalue weighted by atomic mass is 35.5. The van der Waals surface area contributed by atoms with E-state index in [4.69, 9.17) is 16.3 Å². The zero-order valence-corrected chi connectivity index (χ0v) is 19.5. The first-order valence-corrected chi connectivity index (χ1v) is 11.6. The topological polar surface area (TPSA) is 17.4 Å². The van der Waals surface area contributed by atoms with Crippen LogP contribution in [0.25, 0.3) is 16.5 Å². The van der Waals surface area contributed by atoms with Gasteiger partial charge >= 0.3 is 0 Å². The molecule has 0 spiro atoms. The van der Waals surface area contributed by atoms with Crippen LogP contribution < -0.4 is 4.74 Å². The molecule has 0 unspecified atom stereocenters. The van der Waals surface area contributed by atoms with Gasteiger partial charge in [0.15, 0.2) is 0 Å². The fourth-order valence-electron chi connectivity index (χ4n) is 5.35. The van der Waals surface area contributed by atoms with Crippen LogP contribution in [-0.4, -0.2) is 29.7 Å². The molecule has 1 aromatic heterocycles. The summed E-state index contributed by atoms with van der Waals surface area (Å²) in [6.07, 6.45) is 3.56. The number of benzene rings is 2. The zero-order chi connectivity index (χ0) is 21.6. The van der Waals surface area contributed by atoms with Crippen molar-refractivity contribution >= 4 is 28.1 Å². The van der Waals surface area contributed by atoms with E-state index in [-0.39, 0.29) is 0 Å². The van der Waals surface area contributed by atoms with Crippen LogP contribution in [0.1, 0.15) is 44.4 Å². The van der Waals surface area contributed by atoms with Gasteiger partial charge in [-0.25, -0.2) is 0 Å². The van der Waals surface area contributed by atoms with E-state index in [0.717, 1.165) is 43.4 Å². The van der Waals surface area contributed by atoms with Crippen molar-refractivity contribution in [1.82, 2.24) is 9.47 Å². The zero-order valence-electron chi connectivity index (χ0n) is 18.7. The molecule has 3 nitrogen and oxygen atoms in total. The molecule has 2 heterocycles. The highest BCUT2D eigenvalue weighted by Crippen LogP contribution is 2.43. The number of ether oxygens (including phenoxy) is 1. The summed E-state index contributed by atoms with van der Waals surface area (Å²) in [7, 11) is 1.73. The summed E-state index contributed by atoms with van der Waals surface area (Å²) < 4.78 is 7.90.